The highest BCUT2D eigenvalue weighted by molar-refractivity contribution is 6.31. The van der Waals surface area contributed by atoms with Crippen molar-refractivity contribution in [1.82, 2.24) is 20.2 Å². The van der Waals surface area contributed by atoms with E-state index in [4.69, 9.17) is 11.6 Å². The van der Waals surface area contributed by atoms with E-state index in [-0.39, 0.29) is 6.03 Å². The van der Waals surface area contributed by atoms with Crippen molar-refractivity contribution in [2.75, 3.05) is 19.6 Å². The van der Waals surface area contributed by atoms with E-state index < -0.39 is 0 Å². The Morgan fingerprint density at radius 3 is 3.00 bits per heavy atom. The lowest BCUT2D eigenvalue weighted by Crippen LogP contribution is -2.44. The summed E-state index contributed by atoms with van der Waals surface area (Å²) < 4.78 is 0. The van der Waals surface area contributed by atoms with Gasteiger partial charge in [-0.15, -0.1) is 6.58 Å². The summed E-state index contributed by atoms with van der Waals surface area (Å²) in [5, 5.41) is 3.52. The molecule has 0 bridgehead atoms. The maximum absolute atomic E-state index is 11.9. The maximum atomic E-state index is 11.9. The third-order valence-corrected chi connectivity index (χ3v) is 4.26. The zero-order valence-electron chi connectivity index (χ0n) is 12.3. The molecule has 5 nitrogen and oxygen atoms in total. The molecule has 22 heavy (non-hydrogen) atoms. The van der Waals surface area contributed by atoms with Gasteiger partial charge in [0.15, 0.2) is 0 Å². The SMILES string of the molecule is C=CCNC(=O)N1CCC(c2nc3ccc(Cl)cc3[nH]2)CC1. The van der Waals surface area contributed by atoms with Gasteiger partial charge in [-0.2, -0.15) is 0 Å². The topological polar surface area (TPSA) is 61.0 Å². The van der Waals surface area contributed by atoms with Crippen LogP contribution in [-0.2, 0) is 0 Å². The highest BCUT2D eigenvalue weighted by atomic mass is 35.5. The number of piperidine rings is 1. The van der Waals surface area contributed by atoms with E-state index in [1.165, 1.54) is 0 Å². The van der Waals surface area contributed by atoms with Crippen LogP contribution < -0.4 is 5.32 Å². The summed E-state index contributed by atoms with van der Waals surface area (Å²) in [7, 11) is 0. The van der Waals surface area contributed by atoms with E-state index in [1.807, 2.05) is 23.1 Å². The fourth-order valence-corrected chi connectivity index (χ4v) is 2.99. The summed E-state index contributed by atoms with van der Waals surface area (Å²) in [5.41, 5.74) is 1.90. The number of halogens is 1. The predicted octanol–water partition coefficient (Wildman–Crippen LogP) is 3.29. The van der Waals surface area contributed by atoms with Crippen LogP contribution in [0, 0.1) is 0 Å². The minimum atomic E-state index is -0.0188. The normalized spacial score (nSPS) is 16.0. The molecular formula is C16H19ClN4O. The van der Waals surface area contributed by atoms with Crippen molar-refractivity contribution in [3.8, 4) is 0 Å². The number of urea groups is 1. The number of likely N-dealkylation sites (tertiary alicyclic amines) is 1. The fraction of sp³-hybridized carbons (Fsp3) is 0.375. The van der Waals surface area contributed by atoms with E-state index >= 15 is 0 Å². The first-order valence-corrected chi connectivity index (χ1v) is 7.84. The van der Waals surface area contributed by atoms with Crippen LogP contribution in [0.2, 0.25) is 5.02 Å². The largest absolute Gasteiger partial charge is 0.342 e. The minimum Gasteiger partial charge on any atom is -0.342 e. The Morgan fingerprint density at radius 2 is 2.27 bits per heavy atom. The molecule has 2 heterocycles. The zero-order valence-corrected chi connectivity index (χ0v) is 13.1. The second kappa shape index (κ2) is 6.40. The van der Waals surface area contributed by atoms with E-state index in [2.05, 4.69) is 21.9 Å². The molecular weight excluding hydrogens is 300 g/mol. The number of hydrogen-bond acceptors (Lipinski definition) is 2. The molecule has 0 aliphatic carbocycles. The van der Waals surface area contributed by atoms with E-state index in [9.17, 15) is 4.79 Å². The standard InChI is InChI=1S/C16H19ClN4O/c1-2-7-18-16(22)21-8-5-11(6-9-21)15-19-13-4-3-12(17)10-14(13)20-15/h2-4,10-11H,1,5-9H2,(H,18,22)(H,19,20). The summed E-state index contributed by atoms with van der Waals surface area (Å²) in [4.78, 5) is 21.8. The number of nitrogens with zero attached hydrogens (tertiary/aromatic N) is 2. The Balaban J connectivity index is 1.65. The molecule has 0 spiro atoms. The van der Waals surface area contributed by atoms with Crippen LogP contribution in [0.4, 0.5) is 4.79 Å². The van der Waals surface area contributed by atoms with Crippen molar-refractivity contribution < 1.29 is 4.79 Å². The molecule has 2 amide bonds. The van der Waals surface area contributed by atoms with Gasteiger partial charge >= 0.3 is 6.03 Å². The maximum Gasteiger partial charge on any atom is 0.317 e. The van der Waals surface area contributed by atoms with Crippen LogP contribution in [0.15, 0.2) is 30.9 Å². The van der Waals surface area contributed by atoms with Crippen molar-refractivity contribution in [3.63, 3.8) is 0 Å². The fourth-order valence-electron chi connectivity index (χ4n) is 2.82. The van der Waals surface area contributed by atoms with Crippen LogP contribution >= 0.6 is 11.6 Å². The Bertz CT molecular complexity index is 689. The lowest BCUT2D eigenvalue weighted by Gasteiger charge is -2.31. The molecule has 3 rings (SSSR count). The summed E-state index contributed by atoms with van der Waals surface area (Å²) in [6, 6.07) is 5.65. The smallest absolute Gasteiger partial charge is 0.317 e. The van der Waals surface area contributed by atoms with Gasteiger partial charge in [0.05, 0.1) is 11.0 Å². The van der Waals surface area contributed by atoms with Gasteiger partial charge in [-0.05, 0) is 31.0 Å². The Hall–Kier alpha value is -2.01. The summed E-state index contributed by atoms with van der Waals surface area (Å²) in [6.07, 6.45) is 3.51. The second-order valence-corrected chi connectivity index (χ2v) is 5.96. The molecule has 1 aromatic carbocycles. The number of aromatic nitrogens is 2. The van der Waals surface area contributed by atoms with Crippen molar-refractivity contribution in [2.45, 2.75) is 18.8 Å². The summed E-state index contributed by atoms with van der Waals surface area (Å²) in [5.74, 6) is 1.35. The summed E-state index contributed by atoms with van der Waals surface area (Å²) >= 11 is 6.00. The van der Waals surface area contributed by atoms with Crippen LogP contribution in [0.3, 0.4) is 0 Å². The van der Waals surface area contributed by atoms with Gasteiger partial charge in [0.2, 0.25) is 0 Å². The molecule has 1 aromatic heterocycles. The molecule has 1 saturated heterocycles. The Kier molecular flexibility index (Phi) is 4.34. The van der Waals surface area contributed by atoms with Crippen LogP contribution in [-0.4, -0.2) is 40.5 Å². The number of benzene rings is 1. The molecule has 1 aliphatic heterocycles. The number of imidazole rings is 1. The molecule has 2 aromatic rings. The third kappa shape index (κ3) is 3.09. The summed E-state index contributed by atoms with van der Waals surface area (Å²) in [6.45, 7) is 5.59. The Morgan fingerprint density at radius 1 is 1.50 bits per heavy atom. The molecule has 116 valence electrons. The van der Waals surface area contributed by atoms with Crippen molar-refractivity contribution >= 4 is 28.7 Å². The molecule has 0 unspecified atom stereocenters. The predicted molar refractivity (Wildman–Crippen MR) is 88.2 cm³/mol. The number of hydrogen-bond donors (Lipinski definition) is 2. The second-order valence-electron chi connectivity index (χ2n) is 5.52. The van der Waals surface area contributed by atoms with E-state index in [0.29, 0.717) is 17.5 Å². The first-order valence-electron chi connectivity index (χ1n) is 7.46. The first-order chi connectivity index (χ1) is 10.7. The molecule has 1 fully saturated rings. The number of rotatable bonds is 3. The lowest BCUT2D eigenvalue weighted by atomic mass is 9.96. The molecule has 0 saturated carbocycles. The van der Waals surface area contributed by atoms with Gasteiger partial charge in [-0.1, -0.05) is 17.7 Å². The van der Waals surface area contributed by atoms with Gasteiger partial charge in [0.25, 0.3) is 0 Å². The quantitative estimate of drug-likeness (QED) is 0.853. The van der Waals surface area contributed by atoms with Gasteiger partial charge in [0, 0.05) is 30.6 Å². The number of carbonyl (C=O) groups is 1. The molecule has 0 atom stereocenters. The number of carbonyl (C=O) groups excluding carboxylic acids is 1. The van der Waals surface area contributed by atoms with E-state index in [0.717, 1.165) is 42.8 Å². The van der Waals surface area contributed by atoms with Crippen LogP contribution in [0.5, 0.6) is 0 Å². The van der Waals surface area contributed by atoms with Crippen LogP contribution in [0.1, 0.15) is 24.6 Å². The van der Waals surface area contributed by atoms with Crippen molar-refractivity contribution in [2.24, 2.45) is 0 Å². The average Bonchev–Trinajstić information content (AvgIpc) is 2.95. The average molecular weight is 319 g/mol. The molecule has 1 aliphatic rings. The van der Waals surface area contributed by atoms with Crippen molar-refractivity contribution in [1.29, 1.82) is 0 Å². The number of nitrogens with one attached hydrogen (secondary N) is 2. The van der Waals surface area contributed by atoms with Gasteiger partial charge < -0.3 is 15.2 Å². The van der Waals surface area contributed by atoms with Gasteiger partial charge in [-0.3, -0.25) is 0 Å². The molecule has 0 radical (unpaired) electrons. The van der Waals surface area contributed by atoms with Crippen molar-refractivity contribution in [3.05, 3.63) is 41.7 Å². The zero-order chi connectivity index (χ0) is 15.5. The van der Waals surface area contributed by atoms with Crippen LogP contribution in [0.25, 0.3) is 11.0 Å². The molecule has 2 N–H and O–H groups in total. The highest BCUT2D eigenvalue weighted by Crippen LogP contribution is 2.28. The third-order valence-electron chi connectivity index (χ3n) is 4.03. The lowest BCUT2D eigenvalue weighted by molar-refractivity contribution is 0.181. The number of amides is 2. The Labute approximate surface area is 134 Å². The monoisotopic (exact) mass is 318 g/mol. The first kappa shape index (κ1) is 14.9. The van der Waals surface area contributed by atoms with E-state index in [1.54, 1.807) is 6.08 Å². The molecule has 6 heteroatoms. The minimum absolute atomic E-state index is 0.0188. The number of fused-ring (bicyclic) bond motifs is 1. The van der Waals surface area contributed by atoms with Gasteiger partial charge in [-0.25, -0.2) is 9.78 Å². The van der Waals surface area contributed by atoms with Gasteiger partial charge in [0.1, 0.15) is 5.82 Å². The highest BCUT2D eigenvalue weighted by Gasteiger charge is 2.25. The number of H-pyrrole nitrogens is 1. The number of aromatic amines is 1.